The molecule has 4 saturated carbocycles. The molecule has 1 heterocycles. The Morgan fingerprint density at radius 2 is 1.68 bits per heavy atom. The maximum Gasteiger partial charge on any atom is 0.262 e. The Kier molecular flexibility index (Phi) is 7.12. The molecule has 0 aromatic heterocycles. The van der Waals surface area contributed by atoms with Gasteiger partial charge in [0.05, 0.1) is 19.4 Å². The lowest BCUT2D eigenvalue weighted by Crippen LogP contribution is -2.56. The average Bonchev–Trinajstić information content (AvgIpc) is 3.31. The topological polar surface area (TPSA) is 83.0 Å². The Labute approximate surface area is 225 Å². The van der Waals surface area contributed by atoms with Crippen LogP contribution in [0.1, 0.15) is 63.9 Å². The van der Waals surface area contributed by atoms with E-state index in [-0.39, 0.29) is 17.2 Å². The molecule has 1 saturated heterocycles. The molecule has 1 aromatic carbocycles. The monoisotopic (exact) mass is 516 g/mol. The molecule has 5 fully saturated rings. The number of hydrogen-bond acceptors (Lipinski definition) is 5. The molecule has 0 radical (unpaired) electrons. The maximum absolute atomic E-state index is 13.3. The predicted octanol–water partition coefficient (Wildman–Crippen LogP) is 4.27. The summed E-state index contributed by atoms with van der Waals surface area (Å²) in [4.78, 5) is 28.6. The van der Waals surface area contributed by atoms with Crippen molar-refractivity contribution in [3.8, 4) is 0 Å². The van der Waals surface area contributed by atoms with Gasteiger partial charge in [0.25, 0.3) is 5.91 Å². The Morgan fingerprint density at radius 1 is 1.03 bits per heavy atom. The van der Waals surface area contributed by atoms with Crippen LogP contribution < -0.4 is 10.7 Å². The standard InChI is InChI=1S/C31H40N4O3/c1-21(33-30(37)31-17-23-13-24(18-31)15-25(14-23)19-31)29(36)34-32-20-27-8-7-26(16-22-5-3-2-4-6-22)28(27)35-9-11-38-12-10-35/h2-6,16,20-21,23-25H,7-15,17-19H2,1H3,(H,33,37)(H,34,36)/b26-16+,32-20-/t21-,23?,24?,25?,31?/m1/s1. The SMILES string of the molecule is C[C@@H](NC(=O)C12CC3CC(CC(C3)C1)C2)C(=O)N/N=C\C1=C(N2CCOCC2)C(=C/c2ccccc2)/CC1. The fourth-order valence-electron chi connectivity index (χ4n) is 8.00. The zero-order valence-corrected chi connectivity index (χ0v) is 22.5. The third kappa shape index (κ3) is 5.18. The third-order valence-electron chi connectivity index (χ3n) is 9.40. The van der Waals surface area contributed by atoms with E-state index in [1.165, 1.54) is 36.1 Å². The van der Waals surface area contributed by atoms with E-state index in [9.17, 15) is 9.59 Å². The molecule has 38 heavy (non-hydrogen) atoms. The molecular weight excluding hydrogens is 476 g/mol. The highest BCUT2D eigenvalue weighted by Crippen LogP contribution is 2.60. The van der Waals surface area contributed by atoms with Crippen molar-refractivity contribution in [3.63, 3.8) is 0 Å². The van der Waals surface area contributed by atoms with Crippen LogP contribution in [0.25, 0.3) is 6.08 Å². The molecule has 1 aromatic rings. The number of hydrogen-bond donors (Lipinski definition) is 2. The summed E-state index contributed by atoms with van der Waals surface area (Å²) in [6.07, 6.45) is 12.7. The van der Waals surface area contributed by atoms with Crippen molar-refractivity contribution in [3.05, 3.63) is 52.7 Å². The van der Waals surface area contributed by atoms with Gasteiger partial charge in [-0.05, 0) is 98.8 Å². The normalized spacial score (nSPS) is 32.3. The van der Waals surface area contributed by atoms with Gasteiger partial charge in [0.1, 0.15) is 6.04 Å². The van der Waals surface area contributed by atoms with Crippen molar-refractivity contribution in [2.45, 2.75) is 64.3 Å². The van der Waals surface area contributed by atoms with Gasteiger partial charge in [-0.15, -0.1) is 0 Å². The Balaban J connectivity index is 1.11. The molecule has 7 rings (SSSR count). The number of hydrazone groups is 1. The van der Waals surface area contributed by atoms with Crippen LogP contribution in [0.2, 0.25) is 0 Å². The fraction of sp³-hybridized carbons (Fsp3) is 0.581. The first kappa shape index (κ1) is 25.4. The zero-order chi connectivity index (χ0) is 26.1. The van der Waals surface area contributed by atoms with Gasteiger partial charge in [-0.2, -0.15) is 5.10 Å². The summed E-state index contributed by atoms with van der Waals surface area (Å²) in [5.74, 6) is 1.89. The Hall–Kier alpha value is -2.93. The first-order valence-corrected chi connectivity index (χ1v) is 14.4. The van der Waals surface area contributed by atoms with E-state index in [2.05, 4.69) is 51.1 Å². The number of ether oxygens (including phenoxy) is 1. The average molecular weight is 517 g/mol. The van der Waals surface area contributed by atoms with Crippen LogP contribution in [-0.2, 0) is 14.3 Å². The van der Waals surface area contributed by atoms with Gasteiger partial charge in [0, 0.05) is 24.2 Å². The quantitative estimate of drug-likeness (QED) is 0.419. The lowest BCUT2D eigenvalue weighted by Gasteiger charge is -2.55. The van der Waals surface area contributed by atoms with Crippen molar-refractivity contribution in [1.29, 1.82) is 0 Å². The van der Waals surface area contributed by atoms with E-state index in [1.807, 2.05) is 6.07 Å². The van der Waals surface area contributed by atoms with Crippen molar-refractivity contribution in [2.75, 3.05) is 26.3 Å². The number of allylic oxidation sites excluding steroid dienone is 2. The molecular formula is C31H40N4O3. The lowest BCUT2D eigenvalue weighted by molar-refractivity contribution is -0.148. The van der Waals surface area contributed by atoms with Crippen molar-refractivity contribution in [1.82, 2.24) is 15.6 Å². The first-order valence-electron chi connectivity index (χ1n) is 14.4. The summed E-state index contributed by atoms with van der Waals surface area (Å²) in [6.45, 7) is 4.88. The molecule has 0 unspecified atom stereocenters. The minimum absolute atomic E-state index is 0.0759. The highest BCUT2D eigenvalue weighted by molar-refractivity contribution is 5.91. The van der Waals surface area contributed by atoms with E-state index in [1.54, 1.807) is 13.1 Å². The minimum atomic E-state index is -0.613. The molecule has 7 nitrogen and oxygen atoms in total. The Morgan fingerprint density at radius 3 is 2.34 bits per heavy atom. The molecule has 1 atom stereocenters. The molecule has 0 spiro atoms. The molecule has 202 valence electrons. The van der Waals surface area contributed by atoms with Gasteiger partial charge >= 0.3 is 0 Å². The minimum Gasteiger partial charge on any atom is -0.378 e. The van der Waals surface area contributed by atoms with Gasteiger partial charge < -0.3 is 15.0 Å². The highest BCUT2D eigenvalue weighted by Gasteiger charge is 2.54. The van der Waals surface area contributed by atoms with Crippen molar-refractivity contribution < 1.29 is 14.3 Å². The Bertz CT molecular complexity index is 1110. The number of carbonyl (C=O) groups excluding carboxylic acids is 2. The lowest BCUT2D eigenvalue weighted by atomic mass is 9.49. The van der Waals surface area contributed by atoms with Crippen LogP contribution in [0.3, 0.4) is 0 Å². The van der Waals surface area contributed by atoms with Gasteiger partial charge in [-0.1, -0.05) is 30.3 Å². The molecule has 7 heteroatoms. The summed E-state index contributed by atoms with van der Waals surface area (Å²) < 4.78 is 5.59. The summed E-state index contributed by atoms with van der Waals surface area (Å²) >= 11 is 0. The number of rotatable bonds is 7. The van der Waals surface area contributed by atoms with E-state index in [0.717, 1.165) is 50.8 Å². The van der Waals surface area contributed by atoms with Crippen LogP contribution in [-0.4, -0.2) is 55.3 Å². The molecule has 5 aliphatic carbocycles. The summed E-state index contributed by atoms with van der Waals surface area (Å²) in [7, 11) is 0. The molecule has 2 amide bonds. The summed E-state index contributed by atoms with van der Waals surface area (Å²) in [5, 5.41) is 7.38. The molecule has 2 N–H and O–H groups in total. The number of morpholine rings is 1. The van der Waals surface area contributed by atoms with E-state index in [4.69, 9.17) is 4.74 Å². The van der Waals surface area contributed by atoms with E-state index < -0.39 is 6.04 Å². The van der Waals surface area contributed by atoms with Crippen LogP contribution in [0.4, 0.5) is 0 Å². The smallest absolute Gasteiger partial charge is 0.262 e. The zero-order valence-electron chi connectivity index (χ0n) is 22.5. The van der Waals surface area contributed by atoms with Gasteiger partial charge in [-0.25, -0.2) is 5.43 Å². The second-order valence-corrected chi connectivity index (χ2v) is 12.2. The number of amides is 2. The first-order chi connectivity index (χ1) is 18.5. The fourth-order valence-corrected chi connectivity index (χ4v) is 8.00. The van der Waals surface area contributed by atoms with Crippen LogP contribution in [0, 0.1) is 23.2 Å². The summed E-state index contributed by atoms with van der Waals surface area (Å²) in [5.41, 5.74) is 7.25. The largest absolute Gasteiger partial charge is 0.378 e. The van der Waals surface area contributed by atoms with E-state index >= 15 is 0 Å². The van der Waals surface area contributed by atoms with Gasteiger partial charge in [-0.3, -0.25) is 9.59 Å². The molecule has 6 aliphatic rings. The van der Waals surface area contributed by atoms with Crippen LogP contribution in [0.15, 0.2) is 52.3 Å². The van der Waals surface area contributed by atoms with Crippen molar-refractivity contribution >= 4 is 24.1 Å². The number of benzene rings is 1. The number of nitrogens with one attached hydrogen (secondary N) is 2. The van der Waals surface area contributed by atoms with Crippen molar-refractivity contribution in [2.24, 2.45) is 28.3 Å². The van der Waals surface area contributed by atoms with Crippen LogP contribution >= 0.6 is 0 Å². The summed E-state index contributed by atoms with van der Waals surface area (Å²) in [6, 6.07) is 9.77. The van der Waals surface area contributed by atoms with Gasteiger partial charge in [0.15, 0.2) is 0 Å². The second-order valence-electron chi connectivity index (χ2n) is 12.2. The van der Waals surface area contributed by atoms with E-state index in [0.29, 0.717) is 31.0 Å². The van der Waals surface area contributed by atoms with Gasteiger partial charge in [0.2, 0.25) is 5.91 Å². The predicted molar refractivity (Wildman–Crippen MR) is 148 cm³/mol. The maximum atomic E-state index is 13.3. The molecule has 4 bridgehead atoms. The number of carbonyl (C=O) groups is 2. The third-order valence-corrected chi connectivity index (χ3v) is 9.40. The number of nitrogens with zero attached hydrogens (tertiary/aromatic N) is 2. The highest BCUT2D eigenvalue weighted by atomic mass is 16.5. The second kappa shape index (κ2) is 10.7. The molecule has 1 aliphatic heterocycles. The van der Waals surface area contributed by atoms with Crippen LogP contribution in [0.5, 0.6) is 0 Å².